The Morgan fingerprint density at radius 1 is 0.919 bits per heavy atom. The van der Waals surface area contributed by atoms with Gasteiger partial charge in [-0.1, -0.05) is 48.9 Å². The second-order valence-electron chi connectivity index (χ2n) is 8.82. The number of likely N-dealkylation sites (tertiary alicyclic amines) is 1. The minimum Gasteiger partial charge on any atom is -0.492 e. The number of hydrogen-bond donors (Lipinski definition) is 1. The van der Waals surface area contributed by atoms with Crippen molar-refractivity contribution in [2.75, 3.05) is 31.7 Å². The molecule has 192 valence electrons. The van der Waals surface area contributed by atoms with Crippen molar-refractivity contribution < 1.29 is 14.6 Å². The number of anilines is 1. The molecule has 0 amide bonds. The number of non-ortho nitro benzene ring substituents is 1. The van der Waals surface area contributed by atoms with E-state index < -0.39 is 15.5 Å². The molecule has 0 atom stereocenters. The molecule has 0 spiro atoms. The van der Waals surface area contributed by atoms with Crippen molar-refractivity contribution >= 4 is 22.8 Å². The highest BCUT2D eigenvalue weighted by Crippen LogP contribution is 2.29. The average molecular weight is 504 g/mol. The van der Waals surface area contributed by atoms with Gasteiger partial charge in [0.15, 0.2) is 0 Å². The molecule has 10 heteroatoms. The van der Waals surface area contributed by atoms with Crippen LogP contribution in [0.5, 0.6) is 5.75 Å². The molecule has 1 N–H and O–H groups in total. The maximum atomic E-state index is 11.5. The molecule has 0 radical (unpaired) electrons. The number of nitrogens with one attached hydrogen (secondary N) is 1. The minimum atomic E-state index is -0.670. The Hall–Kier alpha value is -4.31. The predicted octanol–water partition coefficient (Wildman–Crippen LogP) is 5.43. The van der Waals surface area contributed by atoms with Gasteiger partial charge in [-0.3, -0.25) is 30.6 Å². The second kappa shape index (κ2) is 12.6. The average Bonchev–Trinajstić information content (AvgIpc) is 2.92. The Balaban J connectivity index is 1.46. The maximum Gasteiger partial charge on any atom is 0.301 e. The maximum absolute atomic E-state index is 11.5. The van der Waals surface area contributed by atoms with E-state index in [1.807, 2.05) is 54.6 Å². The molecule has 0 bridgehead atoms. The van der Waals surface area contributed by atoms with Crippen molar-refractivity contribution in [3.63, 3.8) is 0 Å². The normalized spacial score (nSPS) is 14.2. The summed E-state index contributed by atoms with van der Waals surface area (Å²) >= 11 is 0. The van der Waals surface area contributed by atoms with Crippen molar-refractivity contribution in [1.29, 1.82) is 0 Å². The third-order valence-corrected chi connectivity index (χ3v) is 6.23. The standard InChI is InChI=1S/C27H29N5O5/c33-31(34)23-11-14-25(27(20-23)32(35)36)28-29-26(22-7-3-1-4-8-22)19-21-9-12-24(13-10-21)37-18-17-30-15-5-2-6-16-30/h1,3-4,7-14,20,28H,2,5-6,15-19H2. The van der Waals surface area contributed by atoms with Crippen LogP contribution >= 0.6 is 0 Å². The largest absolute Gasteiger partial charge is 0.492 e. The fraction of sp³-hybridized carbons (Fsp3) is 0.296. The SMILES string of the molecule is O=[N+]([O-])c1ccc(NN=C(Cc2ccc(OCCN3CCCCC3)cc2)c2ccccc2)c([N+](=O)[O-])c1. The van der Waals surface area contributed by atoms with Gasteiger partial charge in [-0.25, -0.2) is 0 Å². The van der Waals surface area contributed by atoms with E-state index in [4.69, 9.17) is 4.74 Å². The number of piperidine rings is 1. The molecule has 1 heterocycles. The van der Waals surface area contributed by atoms with Gasteiger partial charge in [-0.15, -0.1) is 0 Å². The Kier molecular flexibility index (Phi) is 8.77. The summed E-state index contributed by atoms with van der Waals surface area (Å²) in [5.74, 6) is 0.804. The van der Waals surface area contributed by atoms with Crippen LogP contribution in [0.15, 0.2) is 77.9 Å². The Morgan fingerprint density at radius 3 is 2.32 bits per heavy atom. The van der Waals surface area contributed by atoms with Gasteiger partial charge in [-0.2, -0.15) is 5.10 Å². The van der Waals surface area contributed by atoms with Crippen LogP contribution in [0.4, 0.5) is 17.1 Å². The van der Waals surface area contributed by atoms with Gasteiger partial charge < -0.3 is 4.74 Å². The molecule has 10 nitrogen and oxygen atoms in total. The predicted molar refractivity (Wildman–Crippen MR) is 142 cm³/mol. The summed E-state index contributed by atoms with van der Waals surface area (Å²) in [5.41, 5.74) is 4.54. The fourth-order valence-electron chi connectivity index (χ4n) is 4.22. The summed E-state index contributed by atoms with van der Waals surface area (Å²) in [6.07, 6.45) is 4.29. The van der Waals surface area contributed by atoms with Crippen molar-refractivity contribution in [3.05, 3.63) is 104 Å². The number of nitro benzene ring substituents is 2. The molecule has 1 aliphatic heterocycles. The first-order valence-corrected chi connectivity index (χ1v) is 12.2. The Labute approximate surface area is 214 Å². The molecule has 1 fully saturated rings. The van der Waals surface area contributed by atoms with Crippen molar-refractivity contribution in [2.45, 2.75) is 25.7 Å². The molecular formula is C27H29N5O5. The summed E-state index contributed by atoms with van der Waals surface area (Å²) in [6.45, 7) is 3.85. The van der Waals surface area contributed by atoms with E-state index >= 15 is 0 Å². The monoisotopic (exact) mass is 503 g/mol. The van der Waals surface area contributed by atoms with Gasteiger partial charge in [0.2, 0.25) is 0 Å². The van der Waals surface area contributed by atoms with E-state index in [1.54, 1.807) is 0 Å². The molecule has 0 aromatic heterocycles. The van der Waals surface area contributed by atoms with Crippen molar-refractivity contribution in [1.82, 2.24) is 4.90 Å². The summed E-state index contributed by atoms with van der Waals surface area (Å²) in [4.78, 5) is 23.6. The van der Waals surface area contributed by atoms with E-state index in [2.05, 4.69) is 15.4 Å². The fourth-order valence-corrected chi connectivity index (χ4v) is 4.22. The van der Waals surface area contributed by atoms with Crippen molar-refractivity contribution in [3.8, 4) is 5.75 Å². The molecule has 1 saturated heterocycles. The summed E-state index contributed by atoms with van der Waals surface area (Å²) in [6, 6.07) is 20.7. The van der Waals surface area contributed by atoms with E-state index in [1.165, 1.54) is 31.4 Å². The van der Waals surface area contributed by atoms with Crippen LogP contribution in [0.2, 0.25) is 0 Å². The first kappa shape index (κ1) is 25.8. The molecule has 0 aliphatic carbocycles. The first-order chi connectivity index (χ1) is 18.0. The van der Waals surface area contributed by atoms with Gasteiger partial charge in [-0.05, 0) is 55.3 Å². The van der Waals surface area contributed by atoms with Crippen molar-refractivity contribution in [2.24, 2.45) is 5.10 Å². The quantitative estimate of drug-likeness (QED) is 0.210. The van der Waals surface area contributed by atoms with E-state index in [0.29, 0.717) is 18.7 Å². The number of hydrazone groups is 1. The zero-order valence-electron chi connectivity index (χ0n) is 20.4. The van der Waals surface area contributed by atoms with Crippen LogP contribution in [0, 0.1) is 20.2 Å². The lowest BCUT2D eigenvalue weighted by Gasteiger charge is -2.26. The minimum absolute atomic E-state index is 0.0708. The van der Waals surface area contributed by atoms with Crippen LogP contribution < -0.4 is 10.2 Å². The van der Waals surface area contributed by atoms with Gasteiger partial charge in [0.05, 0.1) is 21.6 Å². The highest BCUT2D eigenvalue weighted by Gasteiger charge is 2.19. The third kappa shape index (κ3) is 7.34. The number of nitrogens with zero attached hydrogens (tertiary/aromatic N) is 4. The number of hydrogen-bond acceptors (Lipinski definition) is 8. The molecule has 0 saturated carbocycles. The van der Waals surface area contributed by atoms with Crippen LogP contribution in [-0.2, 0) is 6.42 Å². The van der Waals surface area contributed by atoms with Crippen LogP contribution in [0.1, 0.15) is 30.4 Å². The number of benzene rings is 3. The zero-order valence-corrected chi connectivity index (χ0v) is 20.4. The molecule has 4 rings (SSSR count). The molecule has 3 aromatic carbocycles. The summed E-state index contributed by atoms with van der Waals surface area (Å²) in [7, 11) is 0. The van der Waals surface area contributed by atoms with Crippen LogP contribution in [0.25, 0.3) is 0 Å². The van der Waals surface area contributed by atoms with E-state index in [9.17, 15) is 20.2 Å². The van der Waals surface area contributed by atoms with E-state index in [-0.39, 0.29) is 11.4 Å². The smallest absolute Gasteiger partial charge is 0.301 e. The number of nitro groups is 2. The topological polar surface area (TPSA) is 123 Å². The van der Waals surface area contributed by atoms with E-state index in [0.717, 1.165) is 42.6 Å². The lowest BCUT2D eigenvalue weighted by Crippen LogP contribution is -2.33. The Bertz CT molecular complexity index is 1240. The molecule has 0 unspecified atom stereocenters. The third-order valence-electron chi connectivity index (χ3n) is 6.23. The lowest BCUT2D eigenvalue weighted by atomic mass is 10.0. The number of ether oxygens (including phenoxy) is 1. The molecular weight excluding hydrogens is 474 g/mol. The number of rotatable bonds is 11. The molecule has 37 heavy (non-hydrogen) atoms. The van der Waals surface area contributed by atoms with Gasteiger partial charge in [0.1, 0.15) is 18.0 Å². The highest BCUT2D eigenvalue weighted by molar-refractivity contribution is 6.02. The second-order valence-corrected chi connectivity index (χ2v) is 8.82. The van der Waals surface area contributed by atoms with Gasteiger partial charge >= 0.3 is 5.69 Å². The molecule has 3 aromatic rings. The summed E-state index contributed by atoms with van der Waals surface area (Å²) < 4.78 is 5.92. The van der Waals surface area contributed by atoms with Gasteiger partial charge in [0.25, 0.3) is 5.69 Å². The van der Waals surface area contributed by atoms with Gasteiger partial charge in [0, 0.05) is 19.0 Å². The lowest BCUT2D eigenvalue weighted by molar-refractivity contribution is -0.393. The zero-order chi connectivity index (χ0) is 26.0. The summed E-state index contributed by atoms with van der Waals surface area (Å²) in [5, 5.41) is 27.0. The first-order valence-electron chi connectivity index (χ1n) is 12.2. The molecule has 1 aliphatic rings. The van der Waals surface area contributed by atoms with Crippen LogP contribution in [-0.4, -0.2) is 46.7 Å². The van der Waals surface area contributed by atoms with Crippen LogP contribution in [0.3, 0.4) is 0 Å². The Morgan fingerprint density at radius 2 is 1.65 bits per heavy atom. The highest BCUT2D eigenvalue weighted by atomic mass is 16.6.